The van der Waals surface area contributed by atoms with Gasteiger partial charge in [-0.3, -0.25) is 19.3 Å². The molecule has 0 radical (unpaired) electrons. The smallest absolute Gasteiger partial charge is 0.263 e. The molecule has 0 saturated carbocycles. The van der Waals surface area contributed by atoms with E-state index in [-0.39, 0.29) is 11.6 Å². The van der Waals surface area contributed by atoms with E-state index in [0.717, 1.165) is 44.7 Å². The number of pyridine rings is 3. The standard InChI is InChI=1S/C31H26N6O/c1-19-15-23(17-33-20(19)2)25-12-7-9-22-16-27(37(31(38)28(22)25)24-10-5-4-6-11-24)21(3)36-30-29-26(34-18-35-30)13-8-14-32-29/h4-18,21H,1-3H3,(H,34,35,36). The molecular formula is C31H26N6O. The normalized spacial score (nSPS) is 12.1. The van der Waals surface area contributed by atoms with Crippen LogP contribution in [0.3, 0.4) is 0 Å². The number of aromatic nitrogens is 5. The summed E-state index contributed by atoms with van der Waals surface area (Å²) in [5.41, 5.74) is 6.81. The zero-order valence-electron chi connectivity index (χ0n) is 21.4. The van der Waals surface area contributed by atoms with E-state index in [9.17, 15) is 4.79 Å². The molecule has 7 heteroatoms. The summed E-state index contributed by atoms with van der Waals surface area (Å²) in [4.78, 5) is 32.1. The fourth-order valence-electron chi connectivity index (χ4n) is 4.85. The maximum atomic E-state index is 14.3. The number of hydrogen-bond donors (Lipinski definition) is 1. The van der Waals surface area contributed by atoms with Crippen LogP contribution in [-0.4, -0.2) is 24.5 Å². The van der Waals surface area contributed by atoms with Crippen molar-refractivity contribution in [3.63, 3.8) is 0 Å². The molecule has 1 N–H and O–H groups in total. The Balaban J connectivity index is 1.57. The van der Waals surface area contributed by atoms with Gasteiger partial charge in [-0.2, -0.15) is 0 Å². The van der Waals surface area contributed by atoms with Crippen LogP contribution in [0.2, 0.25) is 0 Å². The molecule has 7 nitrogen and oxygen atoms in total. The molecule has 0 aliphatic carbocycles. The third kappa shape index (κ3) is 4.08. The topological polar surface area (TPSA) is 85.6 Å². The first-order valence-electron chi connectivity index (χ1n) is 12.5. The molecule has 38 heavy (non-hydrogen) atoms. The van der Waals surface area contributed by atoms with E-state index in [1.807, 2.05) is 87.6 Å². The highest BCUT2D eigenvalue weighted by Gasteiger charge is 2.20. The van der Waals surface area contributed by atoms with Crippen molar-refractivity contribution in [2.45, 2.75) is 26.8 Å². The van der Waals surface area contributed by atoms with E-state index in [4.69, 9.17) is 0 Å². The summed E-state index contributed by atoms with van der Waals surface area (Å²) in [6, 6.07) is 23.3. The Kier molecular flexibility index (Phi) is 5.88. The molecule has 2 aromatic carbocycles. The van der Waals surface area contributed by atoms with Gasteiger partial charge in [-0.05, 0) is 73.7 Å². The molecule has 0 fully saturated rings. The third-order valence-electron chi connectivity index (χ3n) is 6.93. The molecule has 6 aromatic rings. The molecule has 0 spiro atoms. The monoisotopic (exact) mass is 498 g/mol. The molecule has 4 heterocycles. The van der Waals surface area contributed by atoms with Crippen LogP contribution in [0.5, 0.6) is 0 Å². The van der Waals surface area contributed by atoms with Gasteiger partial charge in [-0.25, -0.2) is 9.97 Å². The number of nitrogens with one attached hydrogen (secondary N) is 1. The summed E-state index contributed by atoms with van der Waals surface area (Å²) in [5.74, 6) is 0.616. The van der Waals surface area contributed by atoms with E-state index in [1.54, 1.807) is 10.8 Å². The van der Waals surface area contributed by atoms with Crippen molar-refractivity contribution >= 4 is 27.6 Å². The van der Waals surface area contributed by atoms with Gasteiger partial charge in [0, 0.05) is 35.0 Å². The van der Waals surface area contributed by atoms with Crippen molar-refractivity contribution in [1.29, 1.82) is 0 Å². The predicted molar refractivity (Wildman–Crippen MR) is 152 cm³/mol. The summed E-state index contributed by atoms with van der Waals surface area (Å²) >= 11 is 0. The molecule has 0 amide bonds. The summed E-state index contributed by atoms with van der Waals surface area (Å²) in [7, 11) is 0. The van der Waals surface area contributed by atoms with Crippen LogP contribution in [-0.2, 0) is 0 Å². The molecule has 1 unspecified atom stereocenters. The van der Waals surface area contributed by atoms with Crippen LogP contribution in [0, 0.1) is 13.8 Å². The highest BCUT2D eigenvalue weighted by molar-refractivity contribution is 5.96. The van der Waals surface area contributed by atoms with Crippen LogP contribution < -0.4 is 10.9 Å². The molecule has 1 atom stereocenters. The summed E-state index contributed by atoms with van der Waals surface area (Å²) in [6.07, 6.45) is 5.09. The summed E-state index contributed by atoms with van der Waals surface area (Å²) in [6.45, 7) is 6.05. The maximum Gasteiger partial charge on any atom is 0.263 e. The number of hydrogen-bond acceptors (Lipinski definition) is 6. The van der Waals surface area contributed by atoms with Crippen molar-refractivity contribution in [2.24, 2.45) is 0 Å². The Morgan fingerprint density at radius 3 is 2.53 bits per heavy atom. The zero-order valence-corrected chi connectivity index (χ0v) is 21.4. The number of aryl methyl sites for hydroxylation is 2. The van der Waals surface area contributed by atoms with Crippen molar-refractivity contribution in [3.05, 3.63) is 119 Å². The third-order valence-corrected chi connectivity index (χ3v) is 6.93. The van der Waals surface area contributed by atoms with E-state index in [0.29, 0.717) is 16.7 Å². The second-order valence-electron chi connectivity index (χ2n) is 9.40. The fraction of sp³-hybridized carbons (Fsp3) is 0.129. The number of nitrogens with zero attached hydrogens (tertiary/aromatic N) is 5. The molecule has 6 rings (SSSR count). The van der Waals surface area contributed by atoms with Gasteiger partial charge < -0.3 is 5.32 Å². The lowest BCUT2D eigenvalue weighted by atomic mass is 9.97. The van der Waals surface area contributed by atoms with Crippen molar-refractivity contribution in [3.8, 4) is 16.8 Å². The first-order valence-corrected chi connectivity index (χ1v) is 12.5. The van der Waals surface area contributed by atoms with Crippen molar-refractivity contribution in [2.75, 3.05) is 5.32 Å². The minimum absolute atomic E-state index is 0.0863. The maximum absolute atomic E-state index is 14.3. The number of fused-ring (bicyclic) bond motifs is 2. The van der Waals surface area contributed by atoms with Crippen LogP contribution >= 0.6 is 0 Å². The Morgan fingerprint density at radius 2 is 1.71 bits per heavy atom. The number of benzene rings is 2. The van der Waals surface area contributed by atoms with E-state index >= 15 is 0 Å². The van der Waals surface area contributed by atoms with Gasteiger partial charge in [-0.1, -0.05) is 36.4 Å². The second-order valence-corrected chi connectivity index (χ2v) is 9.40. The Labute approximate surface area is 219 Å². The Bertz CT molecular complexity index is 1860. The highest BCUT2D eigenvalue weighted by atomic mass is 16.1. The van der Waals surface area contributed by atoms with E-state index in [1.165, 1.54) is 6.33 Å². The zero-order chi connectivity index (χ0) is 26.2. The van der Waals surface area contributed by atoms with Gasteiger partial charge in [0.05, 0.1) is 16.9 Å². The Hall–Kier alpha value is -4.91. The summed E-state index contributed by atoms with van der Waals surface area (Å²) < 4.78 is 1.79. The first-order chi connectivity index (χ1) is 18.5. The van der Waals surface area contributed by atoms with Crippen LogP contribution in [0.1, 0.15) is 29.9 Å². The molecular weight excluding hydrogens is 472 g/mol. The summed E-state index contributed by atoms with van der Waals surface area (Å²) in [5, 5.41) is 5.01. The van der Waals surface area contributed by atoms with Crippen molar-refractivity contribution < 1.29 is 0 Å². The number of anilines is 1. The van der Waals surface area contributed by atoms with Crippen LogP contribution in [0.15, 0.2) is 96.3 Å². The number of rotatable bonds is 5. The predicted octanol–water partition coefficient (Wildman–Crippen LogP) is 6.18. The minimum Gasteiger partial charge on any atom is -0.360 e. The SMILES string of the molecule is Cc1cc(-c2cccc3cc(C(C)Nc4ncnc5cccnc45)n(-c4ccccc4)c(=O)c23)cnc1C. The van der Waals surface area contributed by atoms with Gasteiger partial charge in [0.2, 0.25) is 0 Å². The van der Waals surface area contributed by atoms with Gasteiger partial charge in [-0.15, -0.1) is 0 Å². The average Bonchev–Trinajstić information content (AvgIpc) is 2.94. The molecule has 0 saturated heterocycles. The second kappa shape index (κ2) is 9.52. The molecule has 0 aliphatic heterocycles. The van der Waals surface area contributed by atoms with E-state index in [2.05, 4.69) is 37.4 Å². The lowest BCUT2D eigenvalue weighted by molar-refractivity contribution is 0.774. The van der Waals surface area contributed by atoms with Gasteiger partial charge in [0.15, 0.2) is 5.82 Å². The quantitative estimate of drug-likeness (QED) is 0.305. The highest BCUT2D eigenvalue weighted by Crippen LogP contribution is 2.31. The largest absolute Gasteiger partial charge is 0.360 e. The Morgan fingerprint density at radius 1 is 0.868 bits per heavy atom. The molecule has 0 aliphatic rings. The average molecular weight is 499 g/mol. The van der Waals surface area contributed by atoms with Crippen LogP contribution in [0.4, 0.5) is 5.82 Å². The first kappa shape index (κ1) is 23.5. The van der Waals surface area contributed by atoms with Gasteiger partial charge in [0.25, 0.3) is 5.56 Å². The lowest BCUT2D eigenvalue weighted by Gasteiger charge is -2.22. The fourth-order valence-corrected chi connectivity index (χ4v) is 4.85. The molecule has 0 bridgehead atoms. The van der Waals surface area contributed by atoms with Gasteiger partial charge >= 0.3 is 0 Å². The molecule has 186 valence electrons. The number of para-hydroxylation sites is 1. The van der Waals surface area contributed by atoms with Crippen LogP contribution in [0.25, 0.3) is 38.6 Å². The minimum atomic E-state index is -0.264. The lowest BCUT2D eigenvalue weighted by Crippen LogP contribution is -2.26. The van der Waals surface area contributed by atoms with Crippen molar-refractivity contribution in [1.82, 2.24) is 24.5 Å². The van der Waals surface area contributed by atoms with E-state index < -0.39 is 0 Å². The molecule has 4 aromatic heterocycles. The van der Waals surface area contributed by atoms with Gasteiger partial charge in [0.1, 0.15) is 11.8 Å².